The van der Waals surface area contributed by atoms with Crippen molar-refractivity contribution in [3.05, 3.63) is 47.9 Å². The van der Waals surface area contributed by atoms with Crippen molar-refractivity contribution in [1.29, 1.82) is 0 Å². The van der Waals surface area contributed by atoms with Crippen LogP contribution in [0.4, 0.5) is 4.39 Å². The van der Waals surface area contributed by atoms with Crippen molar-refractivity contribution in [2.45, 2.75) is 51.5 Å². The fourth-order valence-corrected chi connectivity index (χ4v) is 3.93. The molecule has 0 aliphatic heterocycles. The maximum absolute atomic E-state index is 14.4. The van der Waals surface area contributed by atoms with Crippen molar-refractivity contribution >= 4 is 17.5 Å². The first kappa shape index (κ1) is 24.4. The predicted molar refractivity (Wildman–Crippen MR) is 117 cm³/mol. The molecule has 28 heavy (non-hydrogen) atoms. The van der Waals surface area contributed by atoms with Crippen LogP contribution in [0.3, 0.4) is 0 Å². The molecule has 2 atom stereocenters. The highest BCUT2D eigenvalue weighted by atomic mass is 35.5. The van der Waals surface area contributed by atoms with Crippen LogP contribution in [0.15, 0.2) is 47.9 Å². The van der Waals surface area contributed by atoms with Gasteiger partial charge in [0.25, 0.3) is 0 Å². The van der Waals surface area contributed by atoms with Gasteiger partial charge in [-0.05, 0) is 49.8 Å². The Hall–Kier alpha value is -1.59. The van der Waals surface area contributed by atoms with Crippen LogP contribution in [0.5, 0.6) is 0 Å². The molecule has 0 aromatic rings. The van der Waals surface area contributed by atoms with E-state index in [1.807, 2.05) is 0 Å². The van der Waals surface area contributed by atoms with E-state index >= 15 is 0 Å². The molecule has 1 aliphatic rings. The highest BCUT2D eigenvalue weighted by molar-refractivity contribution is 6.31. The Morgan fingerprint density at radius 3 is 2.43 bits per heavy atom. The first-order valence-electron chi connectivity index (χ1n) is 10.00. The van der Waals surface area contributed by atoms with E-state index in [0.29, 0.717) is 41.6 Å². The van der Waals surface area contributed by atoms with Crippen molar-refractivity contribution in [3.8, 4) is 0 Å². The fourth-order valence-electron chi connectivity index (χ4n) is 3.83. The number of allylic oxidation sites excluding steroid dienone is 2. The molecule has 3 N–H and O–H groups in total. The monoisotopic (exact) mass is 411 g/mol. The van der Waals surface area contributed by atoms with Crippen molar-refractivity contribution < 1.29 is 9.18 Å². The van der Waals surface area contributed by atoms with E-state index in [4.69, 9.17) is 11.6 Å². The number of nitrogens with one attached hydrogen (secondary N) is 3. The maximum atomic E-state index is 14.4. The number of hydrogen-bond donors (Lipinski definition) is 3. The first-order chi connectivity index (χ1) is 13.3. The number of amides is 1. The van der Waals surface area contributed by atoms with Gasteiger partial charge in [0.1, 0.15) is 5.83 Å². The molecule has 1 aliphatic carbocycles. The standard InChI is InChI=1S/C22H35ClFN3O/c1-6-26-13-18(11-12-20(28)25-5)14-27-22(19-9-7-8-10-19)21(17(4)24)15(2)16(3)23/h6,18-19,22,26-27H,1,3-4,7-14H2,2,5H3,(H,25,28)/b21-15+. The summed E-state index contributed by atoms with van der Waals surface area (Å²) in [4.78, 5) is 11.6. The van der Waals surface area contributed by atoms with Gasteiger partial charge in [-0.2, -0.15) is 0 Å². The molecule has 0 heterocycles. The molecule has 1 saturated carbocycles. The zero-order valence-corrected chi connectivity index (χ0v) is 18.0. The summed E-state index contributed by atoms with van der Waals surface area (Å²) in [6, 6.07) is -0.165. The van der Waals surface area contributed by atoms with Crippen LogP contribution in [-0.4, -0.2) is 32.1 Å². The van der Waals surface area contributed by atoms with E-state index in [2.05, 4.69) is 35.7 Å². The van der Waals surface area contributed by atoms with E-state index in [-0.39, 0.29) is 17.9 Å². The Kier molecular flexibility index (Phi) is 11.2. The van der Waals surface area contributed by atoms with Crippen LogP contribution in [0.25, 0.3) is 0 Å². The summed E-state index contributed by atoms with van der Waals surface area (Å²) in [6.07, 6.45) is 7.21. The number of rotatable bonds is 13. The molecule has 0 aromatic heterocycles. The second kappa shape index (κ2) is 12.8. The lowest BCUT2D eigenvalue weighted by Crippen LogP contribution is -2.42. The van der Waals surface area contributed by atoms with E-state index < -0.39 is 5.83 Å². The molecule has 0 aromatic carbocycles. The number of halogens is 2. The highest BCUT2D eigenvalue weighted by Gasteiger charge is 2.31. The van der Waals surface area contributed by atoms with Gasteiger partial charge in [0.2, 0.25) is 5.91 Å². The minimum Gasteiger partial charge on any atom is -0.391 e. The summed E-state index contributed by atoms with van der Waals surface area (Å²) in [5, 5.41) is 9.68. The minimum atomic E-state index is -0.463. The zero-order chi connectivity index (χ0) is 21.1. The second-order valence-electron chi connectivity index (χ2n) is 7.47. The number of carbonyl (C=O) groups excluding carboxylic acids is 1. The molecule has 0 spiro atoms. The summed E-state index contributed by atoms with van der Waals surface area (Å²) in [6.45, 7) is 14.2. The average molecular weight is 412 g/mol. The van der Waals surface area contributed by atoms with Crippen LogP contribution in [-0.2, 0) is 4.79 Å². The van der Waals surface area contributed by atoms with Gasteiger partial charge in [0.15, 0.2) is 0 Å². The maximum Gasteiger partial charge on any atom is 0.219 e. The lowest BCUT2D eigenvalue weighted by Gasteiger charge is -2.30. The van der Waals surface area contributed by atoms with Gasteiger partial charge in [-0.3, -0.25) is 4.79 Å². The SMILES string of the molecule is C=CNCC(CCC(=O)NC)CNC(/C(C(=C)F)=C(\C)C(=C)Cl)C1CCCC1. The van der Waals surface area contributed by atoms with Gasteiger partial charge in [-0.1, -0.05) is 44.2 Å². The Morgan fingerprint density at radius 1 is 1.29 bits per heavy atom. The van der Waals surface area contributed by atoms with E-state index in [9.17, 15) is 9.18 Å². The van der Waals surface area contributed by atoms with E-state index in [1.165, 1.54) is 0 Å². The molecular weight excluding hydrogens is 377 g/mol. The third-order valence-electron chi connectivity index (χ3n) is 5.52. The summed E-state index contributed by atoms with van der Waals surface area (Å²) in [5.74, 6) is 0.0889. The van der Waals surface area contributed by atoms with Gasteiger partial charge in [-0.25, -0.2) is 4.39 Å². The summed E-state index contributed by atoms with van der Waals surface area (Å²) >= 11 is 6.10. The lowest BCUT2D eigenvalue weighted by atomic mass is 9.87. The van der Waals surface area contributed by atoms with Gasteiger partial charge in [0.05, 0.1) is 0 Å². The molecule has 1 fully saturated rings. The smallest absolute Gasteiger partial charge is 0.219 e. The van der Waals surface area contributed by atoms with Crippen LogP contribution in [0.2, 0.25) is 0 Å². The molecular formula is C22H35ClFN3O. The van der Waals surface area contributed by atoms with Gasteiger partial charge in [-0.15, -0.1) is 0 Å². The molecule has 2 unspecified atom stereocenters. The van der Waals surface area contributed by atoms with Crippen molar-refractivity contribution in [2.24, 2.45) is 11.8 Å². The molecule has 1 rings (SSSR count). The second-order valence-corrected chi connectivity index (χ2v) is 7.93. The molecule has 0 bridgehead atoms. The summed E-state index contributed by atoms with van der Waals surface area (Å²) in [5.41, 5.74) is 1.17. The molecule has 4 nitrogen and oxygen atoms in total. The fraction of sp³-hybridized carbons (Fsp3) is 0.591. The summed E-state index contributed by atoms with van der Waals surface area (Å²) < 4.78 is 14.4. The lowest BCUT2D eigenvalue weighted by molar-refractivity contribution is -0.120. The summed E-state index contributed by atoms with van der Waals surface area (Å²) in [7, 11) is 1.64. The first-order valence-corrected chi connectivity index (χ1v) is 10.4. The van der Waals surface area contributed by atoms with Crippen LogP contribution >= 0.6 is 11.6 Å². The van der Waals surface area contributed by atoms with Crippen molar-refractivity contribution in [3.63, 3.8) is 0 Å². The number of hydrogen-bond acceptors (Lipinski definition) is 3. The predicted octanol–water partition coefficient (Wildman–Crippen LogP) is 4.56. The molecule has 0 saturated heterocycles. The molecule has 6 heteroatoms. The Labute approximate surface area is 174 Å². The van der Waals surface area contributed by atoms with E-state index in [1.54, 1.807) is 20.2 Å². The topological polar surface area (TPSA) is 53.2 Å². The Bertz CT molecular complexity index is 597. The highest BCUT2D eigenvalue weighted by Crippen LogP contribution is 2.36. The van der Waals surface area contributed by atoms with Crippen LogP contribution in [0.1, 0.15) is 45.4 Å². The van der Waals surface area contributed by atoms with Crippen LogP contribution in [0, 0.1) is 11.8 Å². The molecule has 0 radical (unpaired) electrons. The third kappa shape index (κ3) is 7.80. The van der Waals surface area contributed by atoms with E-state index in [0.717, 1.165) is 32.1 Å². The van der Waals surface area contributed by atoms with Crippen molar-refractivity contribution in [2.75, 3.05) is 20.1 Å². The Balaban J connectivity index is 2.98. The largest absolute Gasteiger partial charge is 0.391 e. The molecule has 1 amide bonds. The average Bonchev–Trinajstić information content (AvgIpc) is 3.19. The normalized spacial score (nSPS) is 17.4. The Morgan fingerprint density at radius 2 is 1.93 bits per heavy atom. The van der Waals surface area contributed by atoms with Crippen LogP contribution < -0.4 is 16.0 Å². The van der Waals surface area contributed by atoms with Gasteiger partial charge < -0.3 is 16.0 Å². The number of carbonyl (C=O) groups is 1. The molecule has 158 valence electrons. The third-order valence-corrected chi connectivity index (χ3v) is 5.80. The van der Waals surface area contributed by atoms with Crippen molar-refractivity contribution in [1.82, 2.24) is 16.0 Å². The van der Waals surface area contributed by atoms with Gasteiger partial charge >= 0.3 is 0 Å². The van der Waals surface area contributed by atoms with Gasteiger partial charge in [0, 0.05) is 43.2 Å². The zero-order valence-electron chi connectivity index (χ0n) is 17.3. The minimum absolute atomic E-state index is 0.0166. The quantitative estimate of drug-likeness (QED) is 0.389.